The van der Waals surface area contributed by atoms with E-state index < -0.39 is 26.2 Å². The minimum Gasteiger partial charge on any atom is -0.497 e. The van der Waals surface area contributed by atoms with Crippen LogP contribution in [0.3, 0.4) is 0 Å². The van der Waals surface area contributed by atoms with Crippen LogP contribution < -0.4 is 4.74 Å². The van der Waals surface area contributed by atoms with Gasteiger partial charge in [0.2, 0.25) is 0 Å². The molecule has 0 aliphatic rings. The average molecular weight is 574 g/mol. The Kier molecular flexibility index (Phi) is 6.21. The number of benzene rings is 3. The first kappa shape index (κ1) is 25.8. The largest absolute Gasteiger partial charge is 0.497 e. The second kappa shape index (κ2) is 9.63. The smallest absolute Gasteiger partial charge is 0.269 e. The van der Waals surface area contributed by atoms with Gasteiger partial charge >= 0.3 is 0 Å². The molecular weight excluding hydrogens is 550 g/mol. The molecule has 11 heteroatoms. The minimum atomic E-state index is -4.10. The molecule has 1 unspecified atom stereocenters. The Morgan fingerprint density at radius 2 is 1.43 bits per heavy atom. The van der Waals surface area contributed by atoms with E-state index in [1.165, 1.54) is 43.8 Å². The van der Waals surface area contributed by atoms with Crippen LogP contribution >= 0.6 is 0 Å². The summed E-state index contributed by atoms with van der Waals surface area (Å²) in [5.74, 6) is 0.534. The van der Waals surface area contributed by atoms with Crippen molar-refractivity contribution < 1.29 is 26.7 Å². The number of nitrogens with zero attached hydrogens (tertiary/aromatic N) is 3. The van der Waals surface area contributed by atoms with Crippen molar-refractivity contribution in [2.45, 2.75) is 15.9 Å². The quantitative estimate of drug-likeness (QED) is 0.297. The third kappa shape index (κ3) is 4.15. The number of aliphatic hydroxyl groups excluding tert-OH is 1. The van der Waals surface area contributed by atoms with Crippen molar-refractivity contribution in [1.82, 2.24) is 12.9 Å². The fourth-order valence-corrected chi connectivity index (χ4v) is 7.61. The molecule has 6 rings (SSSR count). The topological polar surface area (TPSA) is 120 Å². The van der Waals surface area contributed by atoms with E-state index in [9.17, 15) is 21.9 Å². The maximum Gasteiger partial charge on any atom is 0.269 e. The Balaban J connectivity index is 1.49. The van der Waals surface area contributed by atoms with Crippen LogP contribution in [-0.4, -0.2) is 42.0 Å². The summed E-state index contributed by atoms with van der Waals surface area (Å²) in [5, 5.41) is 12.6. The van der Waals surface area contributed by atoms with Gasteiger partial charge in [0.25, 0.3) is 20.0 Å². The molecule has 1 atom stereocenters. The summed E-state index contributed by atoms with van der Waals surface area (Å²) < 4.78 is 61.5. The third-order valence-corrected chi connectivity index (χ3v) is 10.1. The van der Waals surface area contributed by atoms with Gasteiger partial charge in [-0.05, 0) is 60.7 Å². The highest BCUT2D eigenvalue weighted by atomic mass is 32.2. The third-order valence-electron chi connectivity index (χ3n) is 6.68. The number of ether oxygens (including phenoxy) is 1. The highest BCUT2D eigenvalue weighted by Gasteiger charge is 2.28. The summed E-state index contributed by atoms with van der Waals surface area (Å²) >= 11 is 0. The predicted molar refractivity (Wildman–Crippen MR) is 150 cm³/mol. The van der Waals surface area contributed by atoms with E-state index in [1.54, 1.807) is 72.8 Å². The molecule has 3 aromatic carbocycles. The molecule has 9 nitrogen and oxygen atoms in total. The van der Waals surface area contributed by atoms with Crippen molar-refractivity contribution in [2.24, 2.45) is 0 Å². The molecule has 3 aromatic heterocycles. The molecule has 6 aromatic rings. The molecule has 0 bridgehead atoms. The Bertz CT molecular complexity index is 2090. The van der Waals surface area contributed by atoms with E-state index in [-0.39, 0.29) is 21.1 Å². The molecule has 0 radical (unpaired) electrons. The summed E-state index contributed by atoms with van der Waals surface area (Å²) in [6.07, 6.45) is 1.35. The molecular formula is C29H23N3O6S2. The summed E-state index contributed by atoms with van der Waals surface area (Å²) in [6, 6.07) is 25.7. The first-order valence-electron chi connectivity index (χ1n) is 12.2. The first-order chi connectivity index (χ1) is 19.2. The number of hydrogen-bond donors (Lipinski definition) is 1. The Labute approximate surface area is 230 Å². The van der Waals surface area contributed by atoms with Gasteiger partial charge in [0.05, 0.1) is 28.1 Å². The van der Waals surface area contributed by atoms with E-state index in [1.807, 2.05) is 0 Å². The lowest BCUT2D eigenvalue weighted by atomic mass is 10.1. The monoisotopic (exact) mass is 573 g/mol. The van der Waals surface area contributed by atoms with Gasteiger partial charge in [0.15, 0.2) is 5.65 Å². The molecule has 1 N–H and O–H groups in total. The normalized spacial score (nSPS) is 13.1. The van der Waals surface area contributed by atoms with Crippen molar-refractivity contribution in [3.63, 3.8) is 0 Å². The summed E-state index contributed by atoms with van der Waals surface area (Å²) in [4.78, 5) is 4.53. The van der Waals surface area contributed by atoms with Gasteiger partial charge in [0.1, 0.15) is 11.9 Å². The second-order valence-corrected chi connectivity index (χ2v) is 12.7. The fraction of sp³-hybridized carbons (Fsp3) is 0.0690. The molecule has 3 heterocycles. The van der Waals surface area contributed by atoms with Gasteiger partial charge < -0.3 is 9.84 Å². The maximum absolute atomic E-state index is 13.8. The van der Waals surface area contributed by atoms with Crippen molar-refractivity contribution in [3.8, 4) is 5.75 Å². The lowest BCUT2D eigenvalue weighted by Gasteiger charge is -2.16. The molecule has 0 aliphatic carbocycles. The number of hydrogen-bond acceptors (Lipinski definition) is 7. The standard InChI is InChI=1S/C29H23N3O6S2/c1-38-23-12-13-26-21(17-23)18-27(32(26)40(36,37)25-10-6-3-7-11-25)28(33)22-16-20-14-15-31(29(20)30-19-22)39(34,35)24-8-4-2-5-9-24/h2-19,28,33H,1H3. The lowest BCUT2D eigenvalue weighted by Crippen LogP contribution is -2.18. The second-order valence-electron chi connectivity index (χ2n) is 9.09. The zero-order chi connectivity index (χ0) is 28.1. The lowest BCUT2D eigenvalue weighted by molar-refractivity contribution is 0.214. The van der Waals surface area contributed by atoms with E-state index in [0.717, 1.165) is 7.94 Å². The summed E-state index contributed by atoms with van der Waals surface area (Å²) in [5.41, 5.74) is 0.945. The van der Waals surface area contributed by atoms with Gasteiger partial charge in [-0.1, -0.05) is 36.4 Å². The van der Waals surface area contributed by atoms with Gasteiger partial charge in [-0.25, -0.2) is 29.8 Å². The van der Waals surface area contributed by atoms with Gasteiger partial charge in [-0.3, -0.25) is 0 Å². The van der Waals surface area contributed by atoms with Crippen LogP contribution in [0.4, 0.5) is 0 Å². The van der Waals surface area contributed by atoms with Crippen LogP contribution in [0.2, 0.25) is 0 Å². The van der Waals surface area contributed by atoms with Crippen molar-refractivity contribution >= 4 is 42.0 Å². The number of aliphatic hydroxyl groups is 1. The molecule has 0 spiro atoms. The molecule has 0 fully saturated rings. The highest BCUT2D eigenvalue weighted by Crippen LogP contribution is 2.34. The Morgan fingerprint density at radius 3 is 2.08 bits per heavy atom. The van der Waals surface area contributed by atoms with Gasteiger partial charge in [-0.15, -0.1) is 0 Å². The van der Waals surface area contributed by atoms with E-state index in [2.05, 4.69) is 4.98 Å². The average Bonchev–Trinajstić information content (AvgIpc) is 3.59. The molecule has 40 heavy (non-hydrogen) atoms. The molecule has 0 saturated carbocycles. The number of pyridine rings is 1. The molecule has 202 valence electrons. The SMILES string of the molecule is COc1ccc2c(c1)cc(C(O)c1cnc3c(ccn3S(=O)(=O)c3ccccc3)c1)n2S(=O)(=O)c1ccccc1. The van der Waals surface area contributed by atoms with E-state index >= 15 is 0 Å². The zero-order valence-corrected chi connectivity index (χ0v) is 22.7. The zero-order valence-electron chi connectivity index (χ0n) is 21.1. The highest BCUT2D eigenvalue weighted by molar-refractivity contribution is 7.90. The number of aromatic nitrogens is 3. The van der Waals surface area contributed by atoms with Crippen LogP contribution in [0.25, 0.3) is 21.9 Å². The number of rotatable bonds is 7. The van der Waals surface area contributed by atoms with Gasteiger partial charge in [-0.2, -0.15) is 0 Å². The van der Waals surface area contributed by atoms with Gasteiger partial charge in [0, 0.05) is 28.7 Å². The summed E-state index contributed by atoms with van der Waals surface area (Å²) in [6.45, 7) is 0. The van der Waals surface area contributed by atoms with Crippen molar-refractivity contribution in [2.75, 3.05) is 7.11 Å². The predicted octanol–water partition coefficient (Wildman–Crippen LogP) is 4.56. The van der Waals surface area contributed by atoms with E-state index in [4.69, 9.17) is 4.74 Å². The van der Waals surface area contributed by atoms with Crippen LogP contribution in [0, 0.1) is 0 Å². The Hall–Kier alpha value is -4.45. The minimum absolute atomic E-state index is 0.0635. The first-order valence-corrected chi connectivity index (χ1v) is 15.1. The number of fused-ring (bicyclic) bond motifs is 2. The molecule has 0 saturated heterocycles. The number of methoxy groups -OCH3 is 1. The van der Waals surface area contributed by atoms with Crippen LogP contribution in [0.15, 0.2) is 119 Å². The summed E-state index contributed by atoms with van der Waals surface area (Å²) in [7, 11) is -6.48. The molecule has 0 amide bonds. The maximum atomic E-state index is 13.8. The van der Waals surface area contributed by atoms with Crippen molar-refractivity contribution in [1.29, 1.82) is 0 Å². The van der Waals surface area contributed by atoms with Crippen molar-refractivity contribution in [3.05, 3.63) is 121 Å². The Morgan fingerprint density at radius 1 is 0.775 bits per heavy atom. The molecule has 0 aliphatic heterocycles. The van der Waals surface area contributed by atoms with Crippen LogP contribution in [-0.2, 0) is 20.0 Å². The fourth-order valence-electron chi connectivity index (χ4n) is 4.71. The van der Waals surface area contributed by atoms with E-state index in [0.29, 0.717) is 27.6 Å². The van der Waals surface area contributed by atoms with Crippen LogP contribution in [0.1, 0.15) is 17.4 Å². The van der Waals surface area contributed by atoms with Crippen LogP contribution in [0.5, 0.6) is 5.75 Å².